The van der Waals surface area contributed by atoms with Crippen LogP contribution in [0, 0.1) is 11.3 Å². The van der Waals surface area contributed by atoms with Gasteiger partial charge in [0.2, 0.25) is 0 Å². The van der Waals surface area contributed by atoms with E-state index in [0.717, 1.165) is 42.1 Å². The second-order valence-corrected chi connectivity index (χ2v) is 10.4. The van der Waals surface area contributed by atoms with Crippen molar-refractivity contribution in [3.63, 3.8) is 0 Å². The number of carbonyl (C=O) groups is 1. The van der Waals surface area contributed by atoms with Crippen molar-refractivity contribution in [2.75, 3.05) is 31.1 Å². The number of rotatable bonds is 8. The Morgan fingerprint density at radius 1 is 1.21 bits per heavy atom. The second-order valence-electron chi connectivity index (χ2n) is 10.00. The normalized spacial score (nSPS) is 19.8. The van der Waals surface area contributed by atoms with Crippen LogP contribution in [0.2, 0.25) is 0 Å². The average molecular weight is 547 g/mol. The lowest BCUT2D eigenvalue weighted by Crippen LogP contribution is -2.44. The highest BCUT2D eigenvalue weighted by Crippen LogP contribution is 2.37. The largest absolute Gasteiger partial charge is 0.494 e. The summed E-state index contributed by atoms with van der Waals surface area (Å²) in [7, 11) is 0. The molecule has 1 unspecified atom stereocenters. The molecule has 2 aromatic carbocycles. The van der Waals surface area contributed by atoms with Gasteiger partial charge in [0.25, 0.3) is 5.91 Å². The first-order chi connectivity index (χ1) is 17.9. The van der Waals surface area contributed by atoms with Gasteiger partial charge in [-0.05, 0) is 74.8 Å². The molecular weight excluding hydrogens is 517 g/mol. The topological polar surface area (TPSA) is 80.0 Å². The molecule has 0 bridgehead atoms. The van der Waals surface area contributed by atoms with Gasteiger partial charge >= 0.3 is 6.18 Å². The zero-order chi connectivity index (χ0) is 27.7. The Bertz CT molecular complexity index is 1240. The maximum Gasteiger partial charge on any atom is 0.417 e. The van der Waals surface area contributed by atoms with Crippen molar-refractivity contribution in [1.82, 2.24) is 9.80 Å². The standard InChI is InChI=1S/C27H29F3N4O3S/c1-26(2)24(36)34(20-7-6-19(15-31)23(14-20)27(28,29)30)25(38)33(26)11-3-13-37-22-8-4-18(5-9-22)16-32-12-10-21(35)17-32/h4-9,14,21,35H,3,10-13,16-17H2,1-2H3. The van der Waals surface area contributed by atoms with Crippen molar-refractivity contribution < 1.29 is 27.8 Å². The molecule has 2 aromatic rings. The highest BCUT2D eigenvalue weighted by molar-refractivity contribution is 7.80. The molecule has 2 fully saturated rings. The molecule has 2 aliphatic rings. The number of aliphatic hydroxyl groups is 1. The molecule has 0 aliphatic carbocycles. The van der Waals surface area contributed by atoms with Gasteiger partial charge in [-0.15, -0.1) is 0 Å². The summed E-state index contributed by atoms with van der Waals surface area (Å²) in [6.45, 7) is 6.41. The summed E-state index contributed by atoms with van der Waals surface area (Å²) in [5.41, 5.74) is -1.59. The van der Waals surface area contributed by atoms with E-state index in [1.54, 1.807) is 24.8 Å². The number of thiocarbonyl (C=S) groups is 1. The number of benzene rings is 2. The third kappa shape index (κ3) is 5.77. The maximum absolute atomic E-state index is 13.5. The summed E-state index contributed by atoms with van der Waals surface area (Å²) in [6.07, 6.45) is -3.68. The summed E-state index contributed by atoms with van der Waals surface area (Å²) in [6, 6.07) is 12.4. The minimum atomic E-state index is -4.74. The van der Waals surface area contributed by atoms with E-state index >= 15 is 0 Å². The van der Waals surface area contributed by atoms with Gasteiger partial charge in [-0.2, -0.15) is 18.4 Å². The fraction of sp³-hybridized carbons (Fsp3) is 0.444. The molecular formula is C27H29F3N4O3S. The zero-order valence-electron chi connectivity index (χ0n) is 21.2. The van der Waals surface area contributed by atoms with Crippen LogP contribution in [0.1, 0.15) is 43.4 Å². The molecule has 7 nitrogen and oxygen atoms in total. The van der Waals surface area contributed by atoms with Crippen LogP contribution in [0.25, 0.3) is 0 Å². The highest BCUT2D eigenvalue weighted by atomic mass is 32.1. The first kappa shape index (κ1) is 27.8. The van der Waals surface area contributed by atoms with Gasteiger partial charge in [0.15, 0.2) is 5.11 Å². The van der Waals surface area contributed by atoms with E-state index in [4.69, 9.17) is 22.2 Å². The lowest BCUT2D eigenvalue weighted by Gasteiger charge is -2.29. The molecule has 0 radical (unpaired) electrons. The summed E-state index contributed by atoms with van der Waals surface area (Å²) in [4.78, 5) is 18.2. The Balaban J connectivity index is 1.36. The van der Waals surface area contributed by atoms with E-state index in [1.165, 1.54) is 6.07 Å². The second kappa shape index (κ2) is 10.9. The monoisotopic (exact) mass is 546 g/mol. The van der Waals surface area contributed by atoms with Crippen LogP contribution in [0.15, 0.2) is 42.5 Å². The van der Waals surface area contributed by atoms with Crippen molar-refractivity contribution in [1.29, 1.82) is 5.26 Å². The molecule has 38 heavy (non-hydrogen) atoms. The number of ether oxygens (including phenoxy) is 1. The molecule has 202 valence electrons. The molecule has 2 aliphatic heterocycles. The number of β-amino-alcohol motifs (C(OH)–C–C–N with tert-alkyl or cyclic N) is 1. The van der Waals surface area contributed by atoms with E-state index in [0.29, 0.717) is 31.9 Å². The predicted octanol–water partition coefficient (Wildman–Crippen LogP) is 4.32. The van der Waals surface area contributed by atoms with Gasteiger partial charge in [0, 0.05) is 26.2 Å². The summed E-state index contributed by atoms with van der Waals surface area (Å²) in [5.74, 6) is 0.260. The van der Waals surface area contributed by atoms with Crippen molar-refractivity contribution >= 4 is 28.9 Å². The van der Waals surface area contributed by atoms with E-state index in [9.17, 15) is 23.1 Å². The number of hydrogen-bond donors (Lipinski definition) is 1. The van der Waals surface area contributed by atoms with E-state index in [2.05, 4.69) is 4.90 Å². The van der Waals surface area contributed by atoms with Gasteiger partial charge in [0.1, 0.15) is 11.3 Å². The number of likely N-dealkylation sites (tertiary alicyclic amines) is 1. The van der Waals surface area contributed by atoms with Crippen molar-refractivity contribution in [3.8, 4) is 11.8 Å². The summed E-state index contributed by atoms with van der Waals surface area (Å²) in [5, 5.41) is 18.8. The van der Waals surface area contributed by atoms with Gasteiger partial charge in [0.05, 0.1) is 35.6 Å². The summed E-state index contributed by atoms with van der Waals surface area (Å²) < 4.78 is 46.3. The van der Waals surface area contributed by atoms with Crippen LogP contribution in [0.3, 0.4) is 0 Å². The molecule has 0 aromatic heterocycles. The number of carbonyl (C=O) groups excluding carboxylic acids is 1. The predicted molar refractivity (Wildman–Crippen MR) is 139 cm³/mol. The minimum Gasteiger partial charge on any atom is -0.494 e. The van der Waals surface area contributed by atoms with Crippen molar-refractivity contribution in [3.05, 3.63) is 59.2 Å². The Kier molecular flexibility index (Phi) is 7.97. The Morgan fingerprint density at radius 3 is 2.53 bits per heavy atom. The first-order valence-corrected chi connectivity index (χ1v) is 12.7. The lowest BCUT2D eigenvalue weighted by atomic mass is 10.0. The molecule has 2 heterocycles. The van der Waals surface area contributed by atoms with Crippen LogP contribution >= 0.6 is 12.2 Å². The van der Waals surface area contributed by atoms with Crippen LogP contribution in [0.5, 0.6) is 5.75 Å². The van der Waals surface area contributed by atoms with E-state index in [1.807, 2.05) is 24.3 Å². The molecule has 11 heteroatoms. The quantitative estimate of drug-likeness (QED) is 0.390. The molecule has 4 rings (SSSR count). The lowest BCUT2D eigenvalue weighted by molar-refractivity contribution is -0.137. The SMILES string of the molecule is CC1(C)C(=O)N(c2ccc(C#N)c(C(F)(F)F)c2)C(=S)N1CCCOc1ccc(CN2CCC(O)C2)cc1. The Labute approximate surface area is 225 Å². The van der Waals surface area contributed by atoms with Gasteiger partial charge in [-0.3, -0.25) is 14.6 Å². The number of nitrogens with zero attached hydrogens (tertiary/aromatic N) is 4. The number of alkyl halides is 3. The molecule has 0 saturated carbocycles. The minimum absolute atomic E-state index is 0.0262. The first-order valence-electron chi connectivity index (χ1n) is 12.3. The van der Waals surface area contributed by atoms with Gasteiger partial charge < -0.3 is 14.7 Å². The molecule has 1 N–H and O–H groups in total. The molecule has 1 amide bonds. The average Bonchev–Trinajstić information content (AvgIpc) is 3.34. The Hall–Kier alpha value is -3.20. The third-order valence-corrected chi connectivity index (χ3v) is 7.29. The highest BCUT2D eigenvalue weighted by Gasteiger charge is 2.49. The van der Waals surface area contributed by atoms with Gasteiger partial charge in [-0.1, -0.05) is 12.1 Å². The molecule has 1 atom stereocenters. The van der Waals surface area contributed by atoms with Gasteiger partial charge in [-0.25, -0.2) is 0 Å². The number of anilines is 1. The zero-order valence-corrected chi connectivity index (χ0v) is 22.0. The summed E-state index contributed by atoms with van der Waals surface area (Å²) >= 11 is 5.52. The number of nitriles is 1. The Morgan fingerprint density at radius 2 is 1.92 bits per heavy atom. The van der Waals surface area contributed by atoms with E-state index in [-0.39, 0.29) is 16.9 Å². The fourth-order valence-electron chi connectivity index (χ4n) is 4.76. The van der Waals surface area contributed by atoms with Crippen LogP contribution < -0.4 is 9.64 Å². The third-order valence-electron chi connectivity index (χ3n) is 6.88. The van der Waals surface area contributed by atoms with Crippen molar-refractivity contribution in [2.24, 2.45) is 0 Å². The van der Waals surface area contributed by atoms with Crippen LogP contribution in [-0.2, 0) is 17.5 Å². The van der Waals surface area contributed by atoms with Crippen molar-refractivity contribution in [2.45, 2.75) is 51.1 Å². The van der Waals surface area contributed by atoms with E-state index < -0.39 is 28.7 Å². The number of hydrogen-bond acceptors (Lipinski definition) is 6. The smallest absolute Gasteiger partial charge is 0.417 e. The number of aliphatic hydroxyl groups excluding tert-OH is 1. The van der Waals surface area contributed by atoms with Crippen LogP contribution in [0.4, 0.5) is 18.9 Å². The fourth-order valence-corrected chi connectivity index (χ4v) is 5.27. The number of halogens is 3. The molecule has 0 spiro atoms. The molecule has 2 saturated heterocycles. The maximum atomic E-state index is 13.5. The number of amides is 1. The van der Waals surface area contributed by atoms with Crippen LogP contribution in [-0.4, -0.2) is 63.8 Å².